The van der Waals surface area contributed by atoms with E-state index in [0.29, 0.717) is 36.7 Å². The molecule has 9 N–H and O–H groups in total. The largest absolute Gasteiger partial charge is 0.480 e. The number of carbonyl (C=O) groups is 1. The molecule has 33 heavy (non-hydrogen) atoms. The fraction of sp³-hybridized carbons (Fsp3) is 0.667. The summed E-state index contributed by atoms with van der Waals surface area (Å²) in [6.45, 7) is 16.6. The van der Waals surface area contributed by atoms with Crippen LogP contribution in [0, 0.1) is 0 Å². The van der Waals surface area contributed by atoms with Gasteiger partial charge in [0.1, 0.15) is 6.54 Å². The van der Waals surface area contributed by atoms with Crippen LogP contribution in [-0.2, 0) is 17.9 Å². The number of rotatable bonds is 10. The molecule has 1 aromatic heterocycles. The molecule has 190 valence electrons. The second kappa shape index (κ2) is 13.0. The number of aliphatic carboxylic acids is 1. The Morgan fingerprint density at radius 1 is 1.00 bits per heavy atom. The van der Waals surface area contributed by atoms with Crippen molar-refractivity contribution in [2.24, 2.45) is 23.2 Å². The minimum Gasteiger partial charge on any atom is -0.480 e. The van der Waals surface area contributed by atoms with E-state index in [9.17, 15) is 4.79 Å². The molecule has 0 aromatic carbocycles. The van der Waals surface area contributed by atoms with Gasteiger partial charge in [0.15, 0.2) is 0 Å². The monoisotopic (exact) mass is 468 g/mol. The number of aromatic nitrogens is 3. The van der Waals surface area contributed by atoms with Crippen LogP contribution in [0.3, 0.4) is 0 Å². The van der Waals surface area contributed by atoms with Gasteiger partial charge in [-0.1, -0.05) is 19.1 Å². The first-order valence-corrected chi connectivity index (χ1v) is 10.9. The van der Waals surface area contributed by atoms with Crippen LogP contribution >= 0.6 is 0 Å². The average molecular weight is 469 g/mol. The smallest absolute Gasteiger partial charge is 0.325 e. The number of carboxylic acids is 1. The Bertz CT molecular complexity index is 752. The molecule has 0 aliphatic carbocycles. The van der Waals surface area contributed by atoms with Crippen molar-refractivity contribution in [3.63, 3.8) is 0 Å². The molecule has 0 spiro atoms. The molecule has 0 unspecified atom stereocenters. The molecule has 0 saturated heterocycles. The van der Waals surface area contributed by atoms with Crippen LogP contribution in [0.2, 0.25) is 0 Å². The van der Waals surface area contributed by atoms with Crippen molar-refractivity contribution in [2.75, 3.05) is 13.1 Å². The van der Waals surface area contributed by atoms with Crippen LogP contribution in [0.5, 0.6) is 0 Å². The van der Waals surface area contributed by atoms with E-state index < -0.39 is 5.97 Å². The molecule has 0 radical (unpaired) electrons. The van der Waals surface area contributed by atoms with Crippen LogP contribution < -0.4 is 23.2 Å². The Labute approximate surface area is 197 Å². The third-order valence-corrected chi connectivity index (χ3v) is 4.24. The maximum atomic E-state index is 10.9. The van der Waals surface area contributed by atoms with E-state index in [0.717, 1.165) is 0 Å². The highest BCUT2D eigenvalue weighted by Crippen LogP contribution is 2.12. The summed E-state index contributed by atoms with van der Waals surface area (Å²) in [5, 5.41) is 19.9. The van der Waals surface area contributed by atoms with Gasteiger partial charge < -0.3 is 26.6 Å². The zero-order valence-corrected chi connectivity index (χ0v) is 21.4. The highest BCUT2D eigenvalue weighted by atomic mass is 16.4. The normalized spacial score (nSPS) is 12.9. The fourth-order valence-electron chi connectivity index (χ4n) is 2.37. The minimum atomic E-state index is -0.997. The second-order valence-electron chi connectivity index (χ2n) is 9.51. The summed E-state index contributed by atoms with van der Waals surface area (Å²) in [5.74, 6) is 11.1. The molecule has 1 heterocycles. The zero-order chi connectivity index (χ0) is 26.0. The van der Waals surface area contributed by atoms with Crippen molar-refractivity contribution < 1.29 is 9.90 Å². The average Bonchev–Trinajstić information content (AvgIpc) is 3.07. The van der Waals surface area contributed by atoms with E-state index >= 15 is 0 Å². The highest BCUT2D eigenvalue weighted by Gasteiger charge is 2.18. The standard InChI is InChI=1S/C19H38N10O2.C2H6/c1-18(2,3)28(22)9-14(20)7-26(8-15(21)10-29(23)19(4,5)6)11-16-12-27(25-24-16)13-17(30)31;1-2/h9-10,12H,7-8,11,13,20-23H2,1-6H3,(H,30,31);1-2H3/b14-9-,15-10-;. The number of hydrogen-bond donors (Lipinski definition) is 5. The Balaban J connectivity index is 0.00000497. The molecule has 0 saturated carbocycles. The molecule has 1 rings (SSSR count). The predicted molar refractivity (Wildman–Crippen MR) is 130 cm³/mol. The maximum absolute atomic E-state index is 10.9. The second-order valence-corrected chi connectivity index (χ2v) is 9.51. The lowest BCUT2D eigenvalue weighted by molar-refractivity contribution is -0.137. The van der Waals surface area contributed by atoms with Crippen molar-refractivity contribution in [2.45, 2.75) is 79.6 Å². The first-order chi connectivity index (χ1) is 15.1. The summed E-state index contributed by atoms with van der Waals surface area (Å²) >= 11 is 0. The first kappa shape index (κ1) is 30.2. The molecule has 12 heteroatoms. The van der Waals surface area contributed by atoms with Crippen LogP contribution in [-0.4, -0.2) is 65.2 Å². The third-order valence-electron chi connectivity index (χ3n) is 4.24. The lowest BCUT2D eigenvalue weighted by Crippen LogP contribution is -2.44. The van der Waals surface area contributed by atoms with Gasteiger partial charge in [0.05, 0.1) is 11.9 Å². The molecule has 0 aliphatic rings. The van der Waals surface area contributed by atoms with E-state index in [1.54, 1.807) is 28.6 Å². The Kier molecular flexibility index (Phi) is 11.9. The van der Waals surface area contributed by atoms with Gasteiger partial charge in [-0.15, -0.1) is 5.10 Å². The van der Waals surface area contributed by atoms with Gasteiger partial charge in [-0.05, 0) is 41.5 Å². The lowest BCUT2D eigenvalue weighted by atomic mass is 10.1. The van der Waals surface area contributed by atoms with E-state index in [-0.39, 0.29) is 17.6 Å². The number of carboxylic acid groups (broad SMARTS) is 1. The number of hydrogen-bond acceptors (Lipinski definition) is 10. The van der Waals surface area contributed by atoms with Crippen molar-refractivity contribution in [3.8, 4) is 0 Å². The van der Waals surface area contributed by atoms with E-state index in [1.807, 2.05) is 60.3 Å². The SMILES string of the molecule is CC.CC(C)(C)N(N)/C=C(\N)CN(C/C(N)=C/N(N)C(C)(C)C)Cc1cn(CC(=O)O)nn1. The van der Waals surface area contributed by atoms with E-state index in [1.165, 1.54) is 4.68 Å². The summed E-state index contributed by atoms with van der Waals surface area (Å²) in [5.41, 5.74) is 13.5. The minimum absolute atomic E-state index is 0.265. The molecule has 0 atom stereocenters. The van der Waals surface area contributed by atoms with Crippen molar-refractivity contribution in [1.29, 1.82) is 0 Å². The summed E-state index contributed by atoms with van der Waals surface area (Å²) < 4.78 is 1.26. The maximum Gasteiger partial charge on any atom is 0.325 e. The van der Waals surface area contributed by atoms with Gasteiger partial charge in [-0.2, -0.15) is 0 Å². The van der Waals surface area contributed by atoms with Crippen molar-refractivity contribution in [1.82, 2.24) is 29.9 Å². The fourth-order valence-corrected chi connectivity index (χ4v) is 2.37. The molecule has 0 amide bonds. The molecular formula is C21H44N10O2. The Hall–Kier alpha value is -2.83. The topological polar surface area (TPSA) is 182 Å². The molecular weight excluding hydrogens is 424 g/mol. The third kappa shape index (κ3) is 12.1. The number of hydrazine groups is 2. The molecule has 0 aliphatic heterocycles. The molecule has 0 bridgehead atoms. The molecule has 12 nitrogen and oxygen atoms in total. The van der Waals surface area contributed by atoms with Crippen molar-refractivity contribution in [3.05, 3.63) is 35.7 Å². The number of nitrogens with two attached hydrogens (primary N) is 4. The summed E-state index contributed by atoms with van der Waals surface area (Å²) in [7, 11) is 0. The summed E-state index contributed by atoms with van der Waals surface area (Å²) in [6.07, 6.45) is 4.94. The molecule has 1 aromatic rings. The van der Waals surface area contributed by atoms with Gasteiger partial charge in [0, 0.05) is 54.5 Å². The van der Waals surface area contributed by atoms with Crippen LogP contribution in [0.4, 0.5) is 0 Å². The molecule has 0 fully saturated rings. The van der Waals surface area contributed by atoms with Gasteiger partial charge in [-0.25, -0.2) is 16.4 Å². The predicted octanol–water partition coefficient (Wildman–Crippen LogP) is 0.740. The Morgan fingerprint density at radius 3 is 1.79 bits per heavy atom. The quantitative estimate of drug-likeness (QED) is 0.241. The van der Waals surface area contributed by atoms with Gasteiger partial charge in [0.2, 0.25) is 0 Å². The highest BCUT2D eigenvalue weighted by molar-refractivity contribution is 5.66. The number of nitrogens with zero attached hydrogens (tertiary/aromatic N) is 6. The van der Waals surface area contributed by atoms with Crippen LogP contribution in [0.25, 0.3) is 0 Å². The Morgan fingerprint density at radius 2 is 1.42 bits per heavy atom. The van der Waals surface area contributed by atoms with Crippen LogP contribution in [0.15, 0.2) is 30.0 Å². The van der Waals surface area contributed by atoms with Gasteiger partial charge >= 0.3 is 5.97 Å². The summed E-state index contributed by atoms with van der Waals surface area (Å²) in [6, 6.07) is 0. The van der Waals surface area contributed by atoms with Gasteiger partial charge in [0.25, 0.3) is 0 Å². The van der Waals surface area contributed by atoms with Gasteiger partial charge in [-0.3, -0.25) is 9.69 Å². The lowest BCUT2D eigenvalue weighted by Gasteiger charge is -2.32. The first-order valence-electron chi connectivity index (χ1n) is 10.9. The van der Waals surface area contributed by atoms with E-state index in [2.05, 4.69) is 10.3 Å². The van der Waals surface area contributed by atoms with E-state index in [4.69, 9.17) is 28.3 Å². The summed E-state index contributed by atoms with van der Waals surface area (Å²) in [4.78, 5) is 12.8. The zero-order valence-electron chi connectivity index (χ0n) is 21.4. The van der Waals surface area contributed by atoms with Crippen molar-refractivity contribution >= 4 is 5.97 Å². The van der Waals surface area contributed by atoms with Crippen LogP contribution in [0.1, 0.15) is 61.1 Å².